The number of amides is 1. The van der Waals surface area contributed by atoms with Gasteiger partial charge in [0, 0.05) is 15.4 Å². The van der Waals surface area contributed by atoms with Crippen molar-refractivity contribution in [3.05, 3.63) is 50.8 Å². The number of hydrogen-bond acceptors (Lipinski definition) is 4. The van der Waals surface area contributed by atoms with E-state index in [4.69, 9.17) is 5.73 Å². The second-order valence-electron chi connectivity index (χ2n) is 4.48. The predicted octanol–water partition coefficient (Wildman–Crippen LogP) is 2.37. The molecule has 0 saturated heterocycles. The van der Waals surface area contributed by atoms with Crippen LogP contribution < -0.4 is 11.3 Å². The van der Waals surface area contributed by atoms with Crippen molar-refractivity contribution in [2.45, 2.75) is 6.54 Å². The van der Waals surface area contributed by atoms with Crippen LogP contribution in [0.5, 0.6) is 0 Å². The molecule has 0 aliphatic rings. The first-order valence-electron chi connectivity index (χ1n) is 6.07. The molecule has 2 N–H and O–H groups in total. The summed E-state index contributed by atoms with van der Waals surface area (Å²) >= 11 is 4.79. The lowest BCUT2D eigenvalue weighted by Gasteiger charge is -2.04. The minimum absolute atomic E-state index is 0.169. The number of thiophene rings is 1. The van der Waals surface area contributed by atoms with Crippen LogP contribution in [0.2, 0.25) is 0 Å². The third-order valence-corrected chi connectivity index (χ3v) is 4.46. The van der Waals surface area contributed by atoms with Gasteiger partial charge in [-0.05, 0) is 17.7 Å². The average Bonchev–Trinajstić information content (AvgIpc) is 2.87. The van der Waals surface area contributed by atoms with Gasteiger partial charge in [-0.3, -0.25) is 14.2 Å². The standard InChI is InChI=1S/C14H10BrN3O2S/c15-9-3-1-8(2-4-9)10-6-21-13-12(10)14(20)18(7-17-13)5-11(16)19/h1-4,6-7H,5H2,(H2,16,19). The Morgan fingerprint density at radius 2 is 2.05 bits per heavy atom. The van der Waals surface area contributed by atoms with E-state index in [0.29, 0.717) is 10.2 Å². The van der Waals surface area contributed by atoms with E-state index >= 15 is 0 Å². The van der Waals surface area contributed by atoms with Gasteiger partial charge in [0.15, 0.2) is 0 Å². The fourth-order valence-electron chi connectivity index (χ4n) is 2.09. The smallest absolute Gasteiger partial charge is 0.263 e. The molecule has 3 aromatic rings. The van der Waals surface area contributed by atoms with Gasteiger partial charge in [-0.25, -0.2) is 4.98 Å². The molecule has 0 spiro atoms. The number of primary amides is 1. The van der Waals surface area contributed by atoms with Gasteiger partial charge in [0.05, 0.1) is 11.7 Å². The SMILES string of the molecule is NC(=O)Cn1cnc2scc(-c3ccc(Br)cc3)c2c1=O. The number of hydrogen-bond donors (Lipinski definition) is 1. The third kappa shape index (κ3) is 2.62. The molecule has 0 fully saturated rings. The number of fused-ring (bicyclic) bond motifs is 1. The summed E-state index contributed by atoms with van der Waals surface area (Å²) in [6.45, 7) is -0.169. The van der Waals surface area contributed by atoms with E-state index in [1.165, 1.54) is 22.2 Å². The van der Waals surface area contributed by atoms with Gasteiger partial charge in [-0.1, -0.05) is 28.1 Å². The van der Waals surface area contributed by atoms with Crippen LogP contribution in [0.3, 0.4) is 0 Å². The third-order valence-electron chi connectivity index (χ3n) is 3.04. The molecule has 0 atom stereocenters. The number of nitrogens with zero attached hydrogens (tertiary/aromatic N) is 2. The first kappa shape index (κ1) is 14.0. The maximum absolute atomic E-state index is 12.5. The van der Waals surface area contributed by atoms with Gasteiger partial charge in [-0.2, -0.15) is 0 Å². The van der Waals surface area contributed by atoms with Gasteiger partial charge < -0.3 is 5.73 Å². The van der Waals surface area contributed by atoms with Crippen LogP contribution in [-0.4, -0.2) is 15.5 Å². The molecule has 5 nitrogen and oxygen atoms in total. The Morgan fingerprint density at radius 3 is 2.71 bits per heavy atom. The Labute approximate surface area is 132 Å². The Bertz CT molecular complexity index is 883. The number of carbonyl (C=O) groups is 1. The Balaban J connectivity index is 2.22. The lowest BCUT2D eigenvalue weighted by Crippen LogP contribution is -2.28. The number of halogens is 1. The van der Waals surface area contributed by atoms with Crippen LogP contribution in [0.4, 0.5) is 0 Å². The molecular weight excluding hydrogens is 354 g/mol. The van der Waals surface area contributed by atoms with E-state index in [0.717, 1.165) is 15.6 Å². The molecule has 0 aliphatic heterocycles. The summed E-state index contributed by atoms with van der Waals surface area (Å²) in [6.07, 6.45) is 1.36. The van der Waals surface area contributed by atoms with Crippen LogP contribution >= 0.6 is 27.3 Å². The minimum Gasteiger partial charge on any atom is -0.368 e. The highest BCUT2D eigenvalue weighted by Crippen LogP contribution is 2.31. The highest BCUT2D eigenvalue weighted by Gasteiger charge is 2.13. The van der Waals surface area contributed by atoms with Crippen LogP contribution in [-0.2, 0) is 11.3 Å². The van der Waals surface area contributed by atoms with Crippen molar-refractivity contribution in [2.75, 3.05) is 0 Å². The van der Waals surface area contributed by atoms with E-state index < -0.39 is 5.91 Å². The maximum atomic E-state index is 12.5. The molecule has 0 unspecified atom stereocenters. The lowest BCUT2D eigenvalue weighted by atomic mass is 10.1. The maximum Gasteiger partial charge on any atom is 0.263 e. The van der Waals surface area contributed by atoms with E-state index in [9.17, 15) is 9.59 Å². The molecule has 0 bridgehead atoms. The van der Waals surface area contributed by atoms with Crippen LogP contribution in [0.25, 0.3) is 21.3 Å². The quantitative estimate of drug-likeness (QED) is 0.775. The van der Waals surface area contributed by atoms with Gasteiger partial charge in [0.25, 0.3) is 5.56 Å². The van der Waals surface area contributed by atoms with Crippen molar-refractivity contribution >= 4 is 43.4 Å². The molecule has 1 amide bonds. The summed E-state index contributed by atoms with van der Waals surface area (Å²) in [5.74, 6) is -0.571. The van der Waals surface area contributed by atoms with Crippen molar-refractivity contribution in [3.8, 4) is 11.1 Å². The number of benzene rings is 1. The molecule has 7 heteroatoms. The fourth-order valence-corrected chi connectivity index (χ4v) is 3.26. The first-order chi connectivity index (χ1) is 10.1. The van der Waals surface area contributed by atoms with Crippen LogP contribution in [0.1, 0.15) is 0 Å². The molecule has 106 valence electrons. The zero-order valence-electron chi connectivity index (χ0n) is 10.7. The van der Waals surface area contributed by atoms with E-state index in [-0.39, 0.29) is 12.1 Å². The molecular formula is C14H10BrN3O2S. The van der Waals surface area contributed by atoms with Crippen LogP contribution in [0.15, 0.2) is 45.2 Å². The average molecular weight is 364 g/mol. The number of aromatic nitrogens is 2. The first-order valence-corrected chi connectivity index (χ1v) is 7.74. The zero-order chi connectivity index (χ0) is 15.0. The summed E-state index contributed by atoms with van der Waals surface area (Å²) in [4.78, 5) is 28.4. The largest absolute Gasteiger partial charge is 0.368 e. The minimum atomic E-state index is -0.571. The van der Waals surface area contributed by atoms with E-state index in [1.807, 2.05) is 29.6 Å². The van der Waals surface area contributed by atoms with Gasteiger partial charge in [0.1, 0.15) is 11.4 Å². The van der Waals surface area contributed by atoms with Crippen molar-refractivity contribution in [1.82, 2.24) is 9.55 Å². The summed E-state index contributed by atoms with van der Waals surface area (Å²) in [5, 5.41) is 2.42. The van der Waals surface area contributed by atoms with Gasteiger partial charge in [-0.15, -0.1) is 11.3 Å². The summed E-state index contributed by atoms with van der Waals surface area (Å²) in [7, 11) is 0. The molecule has 0 radical (unpaired) electrons. The van der Waals surface area contributed by atoms with Crippen molar-refractivity contribution in [1.29, 1.82) is 0 Å². The summed E-state index contributed by atoms with van der Waals surface area (Å²) in [6, 6.07) is 7.68. The van der Waals surface area contributed by atoms with Crippen molar-refractivity contribution < 1.29 is 4.79 Å². The molecule has 0 saturated carbocycles. The molecule has 3 rings (SSSR count). The van der Waals surface area contributed by atoms with Crippen molar-refractivity contribution in [3.63, 3.8) is 0 Å². The molecule has 21 heavy (non-hydrogen) atoms. The number of nitrogens with two attached hydrogens (primary N) is 1. The van der Waals surface area contributed by atoms with Gasteiger partial charge in [0.2, 0.25) is 5.91 Å². The van der Waals surface area contributed by atoms with Gasteiger partial charge >= 0.3 is 0 Å². The highest BCUT2D eigenvalue weighted by molar-refractivity contribution is 9.10. The van der Waals surface area contributed by atoms with Crippen LogP contribution in [0, 0.1) is 0 Å². The highest BCUT2D eigenvalue weighted by atomic mass is 79.9. The summed E-state index contributed by atoms with van der Waals surface area (Å²) in [5.41, 5.74) is 6.65. The molecule has 1 aromatic carbocycles. The number of rotatable bonds is 3. The van der Waals surface area contributed by atoms with Crippen molar-refractivity contribution in [2.24, 2.45) is 5.73 Å². The fraction of sp³-hybridized carbons (Fsp3) is 0.0714. The van der Waals surface area contributed by atoms with E-state index in [1.54, 1.807) is 0 Å². The van der Waals surface area contributed by atoms with E-state index in [2.05, 4.69) is 20.9 Å². The topological polar surface area (TPSA) is 78.0 Å². The molecule has 0 aliphatic carbocycles. The second-order valence-corrected chi connectivity index (χ2v) is 6.25. The Hall–Kier alpha value is -1.99. The zero-order valence-corrected chi connectivity index (χ0v) is 13.1. The molecule has 2 aromatic heterocycles. The number of carbonyl (C=O) groups excluding carboxylic acids is 1. The Morgan fingerprint density at radius 1 is 1.33 bits per heavy atom. The summed E-state index contributed by atoms with van der Waals surface area (Å²) < 4.78 is 2.20. The Kier molecular flexibility index (Phi) is 3.60. The lowest BCUT2D eigenvalue weighted by molar-refractivity contribution is -0.118. The second kappa shape index (κ2) is 5.42. The monoisotopic (exact) mass is 363 g/mol. The predicted molar refractivity (Wildman–Crippen MR) is 86.2 cm³/mol. The molecule has 2 heterocycles. The normalized spacial score (nSPS) is 10.9.